The molecule has 0 fully saturated rings. The second-order valence-electron chi connectivity index (χ2n) is 5.50. The van der Waals surface area contributed by atoms with Gasteiger partial charge in [0.2, 0.25) is 0 Å². The number of fused-ring (bicyclic) bond motifs is 1. The lowest BCUT2D eigenvalue weighted by molar-refractivity contribution is 1.02. The van der Waals surface area contributed by atoms with Crippen molar-refractivity contribution in [3.05, 3.63) is 64.7 Å². The SMILES string of the molecule is Cc1ccc(-n2c(-c3c(C)nc4ccccn34)n[nH]c2=S)cc1. The first-order valence-corrected chi connectivity index (χ1v) is 7.74. The molecule has 6 heteroatoms. The van der Waals surface area contributed by atoms with Crippen molar-refractivity contribution in [2.45, 2.75) is 13.8 Å². The Morgan fingerprint density at radius 2 is 1.83 bits per heavy atom. The molecule has 0 amide bonds. The van der Waals surface area contributed by atoms with Crippen LogP contribution in [0.25, 0.3) is 22.9 Å². The Balaban J connectivity index is 2.02. The van der Waals surface area contributed by atoms with Crippen molar-refractivity contribution in [2.24, 2.45) is 0 Å². The third-order valence-corrected chi connectivity index (χ3v) is 4.15. The van der Waals surface area contributed by atoms with Gasteiger partial charge in [-0.1, -0.05) is 23.8 Å². The van der Waals surface area contributed by atoms with Gasteiger partial charge < -0.3 is 0 Å². The lowest BCUT2D eigenvalue weighted by atomic mass is 10.2. The smallest absolute Gasteiger partial charge is 0.200 e. The second kappa shape index (κ2) is 5.17. The molecule has 3 heterocycles. The summed E-state index contributed by atoms with van der Waals surface area (Å²) in [6, 6.07) is 14.2. The van der Waals surface area contributed by atoms with Gasteiger partial charge in [-0.2, -0.15) is 5.10 Å². The van der Waals surface area contributed by atoms with Crippen molar-refractivity contribution in [1.29, 1.82) is 0 Å². The number of rotatable bonds is 2. The van der Waals surface area contributed by atoms with Crippen molar-refractivity contribution in [3.63, 3.8) is 0 Å². The molecule has 114 valence electrons. The molecular formula is C17H15N5S. The predicted octanol–water partition coefficient (Wildman–Crippen LogP) is 3.86. The predicted molar refractivity (Wildman–Crippen MR) is 92.4 cm³/mol. The summed E-state index contributed by atoms with van der Waals surface area (Å²) >= 11 is 5.44. The molecule has 0 unspecified atom stereocenters. The molecule has 0 atom stereocenters. The van der Waals surface area contributed by atoms with Crippen LogP contribution < -0.4 is 0 Å². The normalized spacial score (nSPS) is 11.2. The van der Waals surface area contributed by atoms with Gasteiger partial charge in [-0.15, -0.1) is 0 Å². The van der Waals surface area contributed by atoms with Gasteiger partial charge in [0.15, 0.2) is 10.6 Å². The van der Waals surface area contributed by atoms with Gasteiger partial charge in [-0.25, -0.2) is 4.98 Å². The van der Waals surface area contributed by atoms with E-state index in [9.17, 15) is 0 Å². The van der Waals surface area contributed by atoms with Crippen molar-refractivity contribution < 1.29 is 0 Å². The number of pyridine rings is 1. The van der Waals surface area contributed by atoms with Crippen LogP contribution in [0, 0.1) is 18.6 Å². The summed E-state index contributed by atoms with van der Waals surface area (Å²) in [7, 11) is 0. The van der Waals surface area contributed by atoms with E-state index in [1.807, 2.05) is 52.4 Å². The number of aromatic nitrogens is 5. The molecule has 0 aliphatic rings. The van der Waals surface area contributed by atoms with Crippen molar-refractivity contribution in [3.8, 4) is 17.2 Å². The molecule has 23 heavy (non-hydrogen) atoms. The summed E-state index contributed by atoms with van der Waals surface area (Å²) in [4.78, 5) is 4.61. The Bertz CT molecular complexity index is 1050. The highest BCUT2D eigenvalue weighted by Gasteiger charge is 2.18. The maximum atomic E-state index is 5.44. The quantitative estimate of drug-likeness (QED) is 0.570. The Hall–Kier alpha value is -2.73. The van der Waals surface area contributed by atoms with Gasteiger partial charge in [-0.3, -0.25) is 14.1 Å². The summed E-state index contributed by atoms with van der Waals surface area (Å²) in [5.74, 6) is 0.759. The summed E-state index contributed by atoms with van der Waals surface area (Å²) in [5.41, 5.74) is 4.93. The van der Waals surface area contributed by atoms with Gasteiger partial charge in [0.25, 0.3) is 0 Å². The van der Waals surface area contributed by atoms with Crippen LogP contribution in [0.2, 0.25) is 0 Å². The largest absolute Gasteiger partial charge is 0.297 e. The molecule has 0 spiro atoms. The minimum Gasteiger partial charge on any atom is -0.297 e. The zero-order chi connectivity index (χ0) is 16.0. The summed E-state index contributed by atoms with van der Waals surface area (Å²) < 4.78 is 4.54. The van der Waals surface area contributed by atoms with E-state index in [0.29, 0.717) is 4.77 Å². The number of nitrogens with one attached hydrogen (secondary N) is 1. The zero-order valence-electron chi connectivity index (χ0n) is 12.8. The molecule has 0 aliphatic carbocycles. The lowest BCUT2D eigenvalue weighted by Crippen LogP contribution is -2.00. The number of benzene rings is 1. The van der Waals surface area contributed by atoms with Gasteiger partial charge in [0.05, 0.1) is 11.4 Å². The van der Waals surface area contributed by atoms with Crippen molar-refractivity contribution in [1.82, 2.24) is 24.1 Å². The Morgan fingerprint density at radius 3 is 2.61 bits per heavy atom. The highest BCUT2D eigenvalue weighted by Crippen LogP contribution is 2.25. The Kier molecular flexibility index (Phi) is 3.12. The molecule has 1 N–H and O–H groups in total. The fraction of sp³-hybridized carbons (Fsp3) is 0.118. The van der Waals surface area contributed by atoms with Crippen LogP contribution in [0.15, 0.2) is 48.7 Å². The number of imidazole rings is 1. The molecule has 0 bridgehead atoms. The first kappa shape index (κ1) is 13.9. The molecule has 4 rings (SSSR count). The first-order chi connectivity index (χ1) is 11.1. The van der Waals surface area contributed by atoms with E-state index in [-0.39, 0.29) is 0 Å². The van der Waals surface area contributed by atoms with Gasteiger partial charge in [-0.05, 0) is 50.3 Å². The second-order valence-corrected chi connectivity index (χ2v) is 5.88. The van der Waals surface area contributed by atoms with Crippen LogP contribution in [0.4, 0.5) is 0 Å². The molecule has 0 radical (unpaired) electrons. The summed E-state index contributed by atoms with van der Waals surface area (Å²) in [6.07, 6.45) is 1.99. The number of H-pyrrole nitrogens is 1. The highest BCUT2D eigenvalue weighted by atomic mass is 32.1. The van der Waals surface area contributed by atoms with E-state index in [4.69, 9.17) is 12.2 Å². The van der Waals surface area contributed by atoms with Gasteiger partial charge >= 0.3 is 0 Å². The van der Waals surface area contributed by atoms with Crippen molar-refractivity contribution in [2.75, 3.05) is 0 Å². The topological polar surface area (TPSA) is 50.9 Å². The van der Waals surface area contributed by atoms with Crippen molar-refractivity contribution >= 4 is 17.9 Å². The first-order valence-electron chi connectivity index (χ1n) is 7.33. The van der Waals surface area contributed by atoms with Crippen LogP contribution in [0.1, 0.15) is 11.3 Å². The van der Waals surface area contributed by atoms with E-state index < -0.39 is 0 Å². The van der Waals surface area contributed by atoms with Crippen LogP contribution >= 0.6 is 12.2 Å². The van der Waals surface area contributed by atoms with Crippen LogP contribution in [0.3, 0.4) is 0 Å². The van der Waals surface area contributed by atoms with E-state index in [1.165, 1.54) is 5.56 Å². The molecular weight excluding hydrogens is 306 g/mol. The fourth-order valence-electron chi connectivity index (χ4n) is 2.77. The van der Waals surface area contributed by atoms with E-state index in [1.54, 1.807) is 0 Å². The van der Waals surface area contributed by atoms with Crippen LogP contribution in [-0.4, -0.2) is 24.1 Å². The average molecular weight is 321 g/mol. The molecule has 0 saturated heterocycles. The number of hydrogen-bond acceptors (Lipinski definition) is 3. The van der Waals surface area contributed by atoms with Crippen LogP contribution in [-0.2, 0) is 0 Å². The molecule has 0 aliphatic heterocycles. The number of nitrogens with zero attached hydrogens (tertiary/aromatic N) is 4. The molecule has 0 saturated carbocycles. The number of aryl methyl sites for hydroxylation is 2. The number of hydrogen-bond donors (Lipinski definition) is 1. The van der Waals surface area contributed by atoms with Gasteiger partial charge in [0, 0.05) is 6.20 Å². The fourth-order valence-corrected chi connectivity index (χ4v) is 3.01. The standard InChI is InChI=1S/C17H15N5S/c1-11-6-8-13(9-7-11)22-16(19-20-17(22)23)15-12(2)18-14-5-3-4-10-21(14)15/h3-10H,1-2H3,(H,20,23). The van der Waals surface area contributed by atoms with E-state index >= 15 is 0 Å². The molecule has 1 aromatic carbocycles. The summed E-state index contributed by atoms with van der Waals surface area (Å²) in [6.45, 7) is 4.05. The third kappa shape index (κ3) is 2.19. The maximum absolute atomic E-state index is 5.44. The zero-order valence-corrected chi connectivity index (χ0v) is 13.6. The minimum absolute atomic E-state index is 0.564. The minimum atomic E-state index is 0.564. The average Bonchev–Trinajstić information content (AvgIpc) is 3.07. The van der Waals surface area contributed by atoms with Crippen LogP contribution in [0.5, 0.6) is 0 Å². The highest BCUT2D eigenvalue weighted by molar-refractivity contribution is 7.71. The third-order valence-electron chi connectivity index (χ3n) is 3.88. The molecule has 5 nitrogen and oxygen atoms in total. The van der Waals surface area contributed by atoms with E-state index in [0.717, 1.165) is 28.5 Å². The molecule has 4 aromatic rings. The molecule has 3 aromatic heterocycles. The monoisotopic (exact) mass is 321 g/mol. The van der Waals surface area contributed by atoms with Gasteiger partial charge in [0.1, 0.15) is 11.3 Å². The lowest BCUT2D eigenvalue weighted by Gasteiger charge is -2.08. The summed E-state index contributed by atoms with van der Waals surface area (Å²) in [5, 5.41) is 7.36. The Labute approximate surface area is 138 Å². The maximum Gasteiger partial charge on any atom is 0.200 e. The number of aromatic amines is 1. The van der Waals surface area contributed by atoms with E-state index in [2.05, 4.69) is 34.2 Å². The Morgan fingerprint density at radius 1 is 1.04 bits per heavy atom.